The number of allylic oxidation sites excluding steroid dienone is 1. The van der Waals surface area contributed by atoms with Crippen molar-refractivity contribution < 1.29 is 19.4 Å². The van der Waals surface area contributed by atoms with E-state index < -0.39 is 17.7 Å². The van der Waals surface area contributed by atoms with Gasteiger partial charge in [-0.05, 0) is 73.8 Å². The van der Waals surface area contributed by atoms with Crippen molar-refractivity contribution in [3.05, 3.63) is 74.2 Å². The summed E-state index contributed by atoms with van der Waals surface area (Å²) in [6.45, 7) is 9.36. The minimum absolute atomic E-state index is 0.0427. The van der Waals surface area contributed by atoms with Gasteiger partial charge in [0.15, 0.2) is 5.17 Å². The second-order valence-electron chi connectivity index (χ2n) is 10.2. The van der Waals surface area contributed by atoms with Crippen molar-refractivity contribution >= 4 is 57.9 Å². The number of thioether (sulfide) groups is 1. The number of amides is 1. The first-order valence-electron chi connectivity index (χ1n) is 11.8. The minimum Gasteiger partial charge on any atom is -0.477 e. The number of carbonyl (C=O) groups is 2. The van der Waals surface area contributed by atoms with E-state index in [9.17, 15) is 14.7 Å². The van der Waals surface area contributed by atoms with Gasteiger partial charge >= 0.3 is 12.1 Å². The van der Waals surface area contributed by atoms with Crippen molar-refractivity contribution in [2.75, 3.05) is 11.9 Å². The Morgan fingerprint density at radius 3 is 2.30 bits per heavy atom. The average Bonchev–Trinajstić information content (AvgIpc) is 3.35. The smallest absolute Gasteiger partial charge is 0.414 e. The number of ether oxygens (including phenoxy) is 1. The lowest BCUT2D eigenvalue weighted by Gasteiger charge is -2.32. The van der Waals surface area contributed by atoms with Crippen molar-refractivity contribution in [3.63, 3.8) is 0 Å². The lowest BCUT2D eigenvalue weighted by atomic mass is 9.92. The molecule has 0 spiro atoms. The van der Waals surface area contributed by atoms with Gasteiger partial charge in [0.1, 0.15) is 16.5 Å². The maximum atomic E-state index is 12.8. The second kappa shape index (κ2) is 10.2. The van der Waals surface area contributed by atoms with Gasteiger partial charge < -0.3 is 14.7 Å². The number of halogens is 2. The zero-order valence-corrected chi connectivity index (χ0v) is 23.8. The fourth-order valence-corrected chi connectivity index (χ4v) is 5.99. The molecule has 2 aromatic rings. The average molecular weight is 563 g/mol. The molecule has 2 aliphatic rings. The highest BCUT2D eigenvalue weighted by Gasteiger charge is 2.47. The van der Waals surface area contributed by atoms with Crippen LogP contribution in [0, 0.1) is 5.92 Å². The number of aliphatic carboxylic acids is 1. The first-order valence-corrected chi connectivity index (χ1v) is 13.4. The Morgan fingerprint density at radius 2 is 1.73 bits per heavy atom. The summed E-state index contributed by atoms with van der Waals surface area (Å²) in [5, 5.41) is 11.5. The topological polar surface area (TPSA) is 82.4 Å². The molecule has 10 heteroatoms. The molecular weight excluding hydrogens is 533 g/mol. The fraction of sp³-hybridized carbons (Fsp3) is 0.370. The third kappa shape index (κ3) is 5.47. The summed E-state index contributed by atoms with van der Waals surface area (Å²) in [6, 6.07) is 12.3. The second-order valence-corrected chi connectivity index (χ2v) is 12.1. The number of benzene rings is 2. The molecule has 0 unspecified atom stereocenters. The van der Waals surface area contributed by atoms with E-state index in [0.29, 0.717) is 20.9 Å². The van der Waals surface area contributed by atoms with Gasteiger partial charge in [-0.2, -0.15) is 0 Å². The van der Waals surface area contributed by atoms with E-state index in [4.69, 9.17) is 32.9 Å². The number of fused-ring (bicyclic) bond motifs is 1. The van der Waals surface area contributed by atoms with Crippen LogP contribution in [0.25, 0.3) is 0 Å². The van der Waals surface area contributed by atoms with Gasteiger partial charge in [-0.15, -0.1) is 0 Å². The molecule has 0 radical (unpaired) electrons. The third-order valence-corrected chi connectivity index (χ3v) is 7.66. The summed E-state index contributed by atoms with van der Waals surface area (Å²) in [4.78, 5) is 33.5. The number of carboxylic acids is 1. The Kier molecular flexibility index (Phi) is 7.57. The number of carboxylic acid groups (broad SMARTS) is 1. The molecule has 1 amide bonds. The number of aliphatic imine (C=N–C) groups is 1. The number of nitrogens with zero attached hydrogens (tertiary/aromatic N) is 3. The predicted molar refractivity (Wildman–Crippen MR) is 149 cm³/mol. The number of hydrogen-bond donors (Lipinski definition) is 1. The molecule has 2 aromatic carbocycles. The van der Waals surface area contributed by atoms with E-state index in [2.05, 4.69) is 0 Å². The zero-order valence-electron chi connectivity index (χ0n) is 21.5. The monoisotopic (exact) mass is 561 g/mol. The zero-order chi connectivity index (χ0) is 27.2. The first kappa shape index (κ1) is 27.4. The Bertz CT molecular complexity index is 1300. The Labute approximate surface area is 231 Å². The van der Waals surface area contributed by atoms with E-state index in [-0.39, 0.29) is 22.9 Å². The SMILES string of the molecule is CC(C)C1=C(C(=O)O)SC2=N[C@@H](c3ccc(Cl)c(N(C)C(=O)OC(C)(C)C)c3)[C@@H](c3ccc(Cl)cc3)N21. The van der Waals surface area contributed by atoms with Crippen LogP contribution in [0.1, 0.15) is 57.8 Å². The van der Waals surface area contributed by atoms with Crippen LogP contribution < -0.4 is 4.90 Å². The molecule has 0 saturated carbocycles. The number of anilines is 1. The van der Waals surface area contributed by atoms with Crippen LogP contribution in [0.15, 0.2) is 58.1 Å². The van der Waals surface area contributed by atoms with E-state index in [1.807, 2.05) is 55.1 Å². The molecule has 196 valence electrons. The minimum atomic E-state index is -0.968. The highest BCUT2D eigenvalue weighted by atomic mass is 35.5. The molecule has 1 N–H and O–H groups in total. The van der Waals surface area contributed by atoms with Crippen molar-refractivity contribution in [1.29, 1.82) is 0 Å². The third-order valence-electron chi connectivity index (χ3n) is 6.01. The van der Waals surface area contributed by atoms with Crippen LogP contribution in [-0.4, -0.2) is 39.9 Å². The predicted octanol–water partition coefficient (Wildman–Crippen LogP) is 7.52. The van der Waals surface area contributed by atoms with Crippen LogP contribution in [0.3, 0.4) is 0 Å². The fourth-order valence-electron chi connectivity index (χ4n) is 4.43. The van der Waals surface area contributed by atoms with Gasteiger partial charge in [-0.1, -0.05) is 55.2 Å². The van der Waals surface area contributed by atoms with E-state index in [1.54, 1.807) is 33.9 Å². The summed E-state index contributed by atoms with van der Waals surface area (Å²) in [5.41, 5.74) is 2.33. The first-order chi connectivity index (χ1) is 17.3. The lowest BCUT2D eigenvalue weighted by molar-refractivity contribution is -0.131. The highest BCUT2D eigenvalue weighted by Crippen LogP contribution is 2.53. The molecule has 2 heterocycles. The molecule has 0 saturated heterocycles. The molecule has 2 aliphatic heterocycles. The van der Waals surface area contributed by atoms with Crippen LogP contribution >= 0.6 is 35.0 Å². The molecule has 0 aromatic heterocycles. The summed E-state index contributed by atoms with van der Waals surface area (Å²) in [5.74, 6) is -1.01. The standard InChI is InChI=1S/C27H29Cl2N3O4S/c1-14(2)21-23(24(33)34)37-25-30-20(22(32(21)25)15-7-10-17(28)11-8-15)16-9-12-18(29)19(13-16)31(6)26(35)36-27(3,4)5/h7-14,20,22H,1-6H3,(H,33,34)/t20-,22+/m0/s1. The quantitative estimate of drug-likeness (QED) is 0.406. The molecule has 0 aliphatic carbocycles. The van der Waals surface area contributed by atoms with Crippen LogP contribution in [-0.2, 0) is 9.53 Å². The summed E-state index contributed by atoms with van der Waals surface area (Å²) < 4.78 is 5.53. The summed E-state index contributed by atoms with van der Waals surface area (Å²) in [6.07, 6.45) is -0.522. The lowest BCUT2D eigenvalue weighted by Crippen LogP contribution is -2.34. The van der Waals surface area contributed by atoms with Crippen LogP contribution in [0.2, 0.25) is 10.0 Å². The van der Waals surface area contributed by atoms with Crippen LogP contribution in [0.4, 0.5) is 10.5 Å². The highest BCUT2D eigenvalue weighted by molar-refractivity contribution is 8.18. The van der Waals surface area contributed by atoms with Gasteiger partial charge in [0, 0.05) is 17.8 Å². The molecule has 2 atom stereocenters. The van der Waals surface area contributed by atoms with Crippen LogP contribution in [0.5, 0.6) is 0 Å². The number of carbonyl (C=O) groups excluding carboxylic acids is 1. The van der Waals surface area contributed by atoms with Crippen molar-refractivity contribution in [2.45, 2.75) is 52.3 Å². The number of rotatable bonds is 5. The number of amidine groups is 1. The van der Waals surface area contributed by atoms with Gasteiger partial charge in [-0.3, -0.25) is 9.89 Å². The Hall–Kier alpha value is -2.68. The maximum absolute atomic E-state index is 12.8. The molecule has 37 heavy (non-hydrogen) atoms. The number of hydrogen-bond acceptors (Lipinski definition) is 6. The molecule has 7 nitrogen and oxygen atoms in total. The molecule has 0 fully saturated rings. The van der Waals surface area contributed by atoms with Gasteiger partial charge in [-0.25, -0.2) is 9.59 Å². The largest absolute Gasteiger partial charge is 0.477 e. The van der Waals surface area contributed by atoms with Gasteiger partial charge in [0.05, 0.1) is 16.8 Å². The van der Waals surface area contributed by atoms with Gasteiger partial charge in [0.2, 0.25) is 0 Å². The van der Waals surface area contributed by atoms with Crippen molar-refractivity contribution in [2.24, 2.45) is 10.9 Å². The van der Waals surface area contributed by atoms with E-state index >= 15 is 0 Å². The normalized spacial score (nSPS) is 19.3. The molecular formula is C27H29Cl2N3O4S. The van der Waals surface area contributed by atoms with Crippen molar-refractivity contribution in [3.8, 4) is 0 Å². The molecule has 4 rings (SSSR count). The van der Waals surface area contributed by atoms with Gasteiger partial charge in [0.25, 0.3) is 0 Å². The molecule has 0 bridgehead atoms. The Morgan fingerprint density at radius 1 is 1.11 bits per heavy atom. The van der Waals surface area contributed by atoms with E-state index in [1.165, 1.54) is 16.7 Å². The Balaban J connectivity index is 1.80. The summed E-state index contributed by atoms with van der Waals surface area (Å²) >= 11 is 13.9. The maximum Gasteiger partial charge on any atom is 0.414 e. The van der Waals surface area contributed by atoms with E-state index in [0.717, 1.165) is 16.8 Å². The van der Waals surface area contributed by atoms with Crippen molar-refractivity contribution in [1.82, 2.24) is 4.90 Å². The summed E-state index contributed by atoms with van der Waals surface area (Å²) in [7, 11) is 1.61.